The molecule has 6 nitrogen and oxygen atoms in total. The average Bonchev–Trinajstić information content (AvgIpc) is 3.05. The number of nitrogens with one attached hydrogen (secondary N) is 1. The van der Waals surface area contributed by atoms with Crippen molar-refractivity contribution in [3.8, 4) is 11.3 Å². The predicted molar refractivity (Wildman–Crippen MR) is 87.0 cm³/mol. The van der Waals surface area contributed by atoms with Gasteiger partial charge in [0, 0.05) is 30.7 Å². The lowest BCUT2D eigenvalue weighted by Gasteiger charge is -2.07. The van der Waals surface area contributed by atoms with E-state index >= 15 is 0 Å². The average molecular weight is 346 g/mol. The Morgan fingerprint density at radius 2 is 1.83 bits per heavy atom. The van der Waals surface area contributed by atoms with E-state index in [0.29, 0.717) is 6.54 Å². The molecule has 2 aromatic heterocycles. The molecule has 124 valence electrons. The first-order chi connectivity index (χ1) is 11.6. The van der Waals surface area contributed by atoms with Crippen molar-refractivity contribution in [3.05, 3.63) is 66.9 Å². The van der Waals surface area contributed by atoms with E-state index in [0.717, 1.165) is 17.3 Å². The van der Waals surface area contributed by atoms with Crippen LogP contribution in [0.4, 0.5) is 4.39 Å². The number of aromatic nitrogens is 3. The standard InChI is InChI=1S/C16H15FN4O2S/c17-14-3-1-2-4-16(14)24(22,23)19-10-12-21-11-7-15(20-21)13-5-8-18-9-6-13/h1-9,11,19H,10,12H2. The van der Waals surface area contributed by atoms with Crippen LogP contribution >= 0.6 is 0 Å². The van der Waals surface area contributed by atoms with Crippen LogP contribution < -0.4 is 4.72 Å². The highest BCUT2D eigenvalue weighted by Gasteiger charge is 2.17. The van der Waals surface area contributed by atoms with Crippen molar-refractivity contribution in [1.29, 1.82) is 0 Å². The summed E-state index contributed by atoms with van der Waals surface area (Å²) in [6, 6.07) is 10.8. The van der Waals surface area contributed by atoms with Crippen molar-refractivity contribution in [1.82, 2.24) is 19.5 Å². The van der Waals surface area contributed by atoms with Gasteiger partial charge in [-0.25, -0.2) is 17.5 Å². The fourth-order valence-corrected chi connectivity index (χ4v) is 3.30. The predicted octanol–water partition coefficient (Wildman–Crippen LogP) is 2.06. The SMILES string of the molecule is O=S(=O)(NCCn1ccc(-c2ccncc2)n1)c1ccccc1F. The number of hydrogen-bond acceptors (Lipinski definition) is 4. The number of sulfonamides is 1. The fraction of sp³-hybridized carbons (Fsp3) is 0.125. The molecular formula is C16H15FN4O2S. The van der Waals surface area contributed by atoms with E-state index in [1.54, 1.807) is 23.3 Å². The summed E-state index contributed by atoms with van der Waals surface area (Å²) in [4.78, 5) is 3.59. The van der Waals surface area contributed by atoms with E-state index in [4.69, 9.17) is 0 Å². The molecule has 0 spiro atoms. The van der Waals surface area contributed by atoms with Gasteiger partial charge < -0.3 is 0 Å². The van der Waals surface area contributed by atoms with Crippen LogP contribution in [0.15, 0.2) is 66.0 Å². The molecule has 1 aromatic carbocycles. The molecule has 0 aliphatic carbocycles. The van der Waals surface area contributed by atoms with Crippen molar-refractivity contribution < 1.29 is 12.8 Å². The highest BCUT2D eigenvalue weighted by molar-refractivity contribution is 7.89. The highest BCUT2D eigenvalue weighted by Crippen LogP contribution is 2.15. The Morgan fingerprint density at radius 1 is 1.08 bits per heavy atom. The van der Waals surface area contributed by atoms with Crippen molar-refractivity contribution in [2.24, 2.45) is 0 Å². The van der Waals surface area contributed by atoms with Gasteiger partial charge in [-0.3, -0.25) is 9.67 Å². The summed E-state index contributed by atoms with van der Waals surface area (Å²) in [6.45, 7) is 0.437. The van der Waals surface area contributed by atoms with Crippen molar-refractivity contribution in [3.63, 3.8) is 0 Å². The zero-order chi connectivity index (χ0) is 17.0. The van der Waals surface area contributed by atoms with Gasteiger partial charge in [-0.2, -0.15) is 5.10 Å². The Hall–Kier alpha value is -2.58. The smallest absolute Gasteiger partial charge is 0.243 e. The minimum atomic E-state index is -3.88. The first-order valence-corrected chi connectivity index (χ1v) is 8.73. The van der Waals surface area contributed by atoms with E-state index in [1.165, 1.54) is 18.2 Å². The fourth-order valence-electron chi connectivity index (χ4n) is 2.20. The van der Waals surface area contributed by atoms with E-state index < -0.39 is 15.8 Å². The Balaban J connectivity index is 1.63. The van der Waals surface area contributed by atoms with Gasteiger partial charge in [-0.15, -0.1) is 0 Å². The second kappa shape index (κ2) is 6.90. The first-order valence-electron chi connectivity index (χ1n) is 7.24. The number of halogens is 1. The Morgan fingerprint density at radius 3 is 2.58 bits per heavy atom. The molecule has 0 radical (unpaired) electrons. The van der Waals surface area contributed by atoms with Gasteiger partial charge in [-0.05, 0) is 30.3 Å². The molecule has 0 amide bonds. The molecule has 0 saturated heterocycles. The molecular weight excluding hydrogens is 331 g/mol. The van der Waals surface area contributed by atoms with Gasteiger partial charge in [0.15, 0.2) is 0 Å². The third kappa shape index (κ3) is 3.66. The molecule has 3 rings (SSSR count). The van der Waals surface area contributed by atoms with Crippen LogP contribution in [0.25, 0.3) is 11.3 Å². The van der Waals surface area contributed by atoms with Gasteiger partial charge in [0.05, 0.1) is 12.2 Å². The minimum Gasteiger partial charge on any atom is -0.271 e. The molecule has 8 heteroatoms. The summed E-state index contributed by atoms with van der Waals surface area (Å²) in [5.74, 6) is -0.774. The lowest BCUT2D eigenvalue weighted by molar-refractivity contribution is 0.545. The summed E-state index contributed by atoms with van der Waals surface area (Å²) in [6.07, 6.45) is 5.11. The molecule has 0 aliphatic rings. The summed E-state index contributed by atoms with van der Waals surface area (Å²) in [5, 5.41) is 4.37. The number of pyridine rings is 1. The summed E-state index contributed by atoms with van der Waals surface area (Å²) >= 11 is 0. The molecule has 0 fully saturated rings. The maximum Gasteiger partial charge on any atom is 0.243 e. The number of nitrogens with zero attached hydrogens (tertiary/aromatic N) is 3. The Labute approximate surface area is 139 Å². The lowest BCUT2D eigenvalue weighted by Crippen LogP contribution is -2.28. The van der Waals surface area contributed by atoms with Gasteiger partial charge in [-0.1, -0.05) is 12.1 Å². The molecule has 3 aromatic rings. The number of hydrogen-bond donors (Lipinski definition) is 1. The normalized spacial score (nSPS) is 11.5. The maximum absolute atomic E-state index is 13.6. The van der Waals surface area contributed by atoms with Crippen LogP contribution in [0, 0.1) is 5.82 Å². The lowest BCUT2D eigenvalue weighted by atomic mass is 10.2. The third-order valence-corrected chi connectivity index (χ3v) is 4.87. The van der Waals surface area contributed by atoms with Gasteiger partial charge in [0.1, 0.15) is 10.7 Å². The molecule has 0 bridgehead atoms. The molecule has 1 N–H and O–H groups in total. The second-order valence-electron chi connectivity index (χ2n) is 5.03. The number of benzene rings is 1. The third-order valence-electron chi connectivity index (χ3n) is 3.38. The van der Waals surface area contributed by atoms with Crippen LogP contribution in [0.5, 0.6) is 0 Å². The first kappa shape index (κ1) is 16.3. The summed E-state index contributed by atoms with van der Waals surface area (Å²) < 4.78 is 41.7. The van der Waals surface area contributed by atoms with E-state index in [1.807, 2.05) is 18.2 Å². The van der Waals surface area contributed by atoms with Crippen LogP contribution in [0.3, 0.4) is 0 Å². The van der Waals surface area contributed by atoms with E-state index in [-0.39, 0.29) is 11.4 Å². The monoisotopic (exact) mass is 346 g/mol. The van der Waals surface area contributed by atoms with Crippen LogP contribution in [-0.2, 0) is 16.6 Å². The molecule has 0 atom stereocenters. The van der Waals surface area contributed by atoms with Crippen molar-refractivity contribution >= 4 is 10.0 Å². The van der Waals surface area contributed by atoms with Gasteiger partial charge in [0.2, 0.25) is 10.0 Å². The topological polar surface area (TPSA) is 76.9 Å². The summed E-state index contributed by atoms with van der Waals surface area (Å²) in [5.41, 5.74) is 1.70. The molecule has 24 heavy (non-hydrogen) atoms. The van der Waals surface area contributed by atoms with Crippen molar-refractivity contribution in [2.45, 2.75) is 11.4 Å². The van der Waals surface area contributed by atoms with Crippen molar-refractivity contribution in [2.75, 3.05) is 6.54 Å². The highest BCUT2D eigenvalue weighted by atomic mass is 32.2. The summed E-state index contributed by atoms with van der Waals surface area (Å²) in [7, 11) is -3.88. The number of rotatable bonds is 6. The maximum atomic E-state index is 13.6. The van der Waals surface area contributed by atoms with Gasteiger partial charge >= 0.3 is 0 Å². The Bertz CT molecular complexity index is 926. The Kier molecular flexibility index (Phi) is 4.68. The van der Waals surface area contributed by atoms with Crippen LogP contribution in [0.2, 0.25) is 0 Å². The van der Waals surface area contributed by atoms with E-state index in [9.17, 15) is 12.8 Å². The second-order valence-corrected chi connectivity index (χ2v) is 6.76. The molecule has 2 heterocycles. The van der Waals surface area contributed by atoms with E-state index in [2.05, 4.69) is 14.8 Å². The van der Waals surface area contributed by atoms with Crippen LogP contribution in [0.1, 0.15) is 0 Å². The zero-order valence-corrected chi connectivity index (χ0v) is 13.4. The molecule has 0 saturated carbocycles. The quantitative estimate of drug-likeness (QED) is 0.741. The zero-order valence-electron chi connectivity index (χ0n) is 12.6. The minimum absolute atomic E-state index is 0.105. The van der Waals surface area contributed by atoms with Gasteiger partial charge in [0.25, 0.3) is 0 Å². The largest absolute Gasteiger partial charge is 0.271 e. The molecule has 0 aliphatic heterocycles. The molecule has 0 unspecified atom stereocenters. The van der Waals surface area contributed by atoms with Crippen LogP contribution in [-0.4, -0.2) is 29.7 Å².